The largest absolute Gasteiger partial charge is 0.368 e. The van der Waals surface area contributed by atoms with E-state index in [0.717, 1.165) is 36.9 Å². The summed E-state index contributed by atoms with van der Waals surface area (Å²) in [6.45, 7) is 9.16. The number of amides is 2. The molecule has 0 radical (unpaired) electrons. The third-order valence-electron chi connectivity index (χ3n) is 3.24. The molecule has 1 N–H and O–H groups in total. The summed E-state index contributed by atoms with van der Waals surface area (Å²) in [4.78, 5) is 16.2. The van der Waals surface area contributed by atoms with E-state index in [-0.39, 0.29) is 11.6 Å². The fourth-order valence-electron chi connectivity index (χ4n) is 2.22. The first-order chi connectivity index (χ1) is 9.35. The van der Waals surface area contributed by atoms with Gasteiger partial charge in [-0.25, -0.2) is 4.79 Å². The molecule has 1 fully saturated rings. The molecule has 20 heavy (non-hydrogen) atoms. The second-order valence-electron chi connectivity index (χ2n) is 6.13. The van der Waals surface area contributed by atoms with Crippen molar-refractivity contribution >= 4 is 23.3 Å². The van der Waals surface area contributed by atoms with Crippen LogP contribution in [0.1, 0.15) is 20.8 Å². The summed E-state index contributed by atoms with van der Waals surface area (Å²) >= 11 is 5.90. The number of halogens is 1. The van der Waals surface area contributed by atoms with Crippen molar-refractivity contribution in [3.05, 3.63) is 29.3 Å². The Hall–Kier alpha value is -1.42. The zero-order valence-corrected chi connectivity index (χ0v) is 13.1. The number of anilines is 1. The summed E-state index contributed by atoms with van der Waals surface area (Å²) in [5.74, 6) is 0. The minimum absolute atomic E-state index is 0.0215. The van der Waals surface area contributed by atoms with E-state index in [0.29, 0.717) is 0 Å². The van der Waals surface area contributed by atoms with Gasteiger partial charge < -0.3 is 15.1 Å². The van der Waals surface area contributed by atoms with Gasteiger partial charge in [0.25, 0.3) is 0 Å². The van der Waals surface area contributed by atoms with Gasteiger partial charge in [0.05, 0.1) is 0 Å². The second kappa shape index (κ2) is 5.92. The van der Waals surface area contributed by atoms with E-state index in [1.165, 1.54) is 0 Å². The summed E-state index contributed by atoms with van der Waals surface area (Å²) < 4.78 is 0. The molecule has 5 heteroatoms. The predicted octanol–water partition coefficient (Wildman–Crippen LogP) is 2.97. The highest BCUT2D eigenvalue weighted by molar-refractivity contribution is 6.30. The number of nitrogens with zero attached hydrogens (tertiary/aromatic N) is 2. The third-order valence-corrected chi connectivity index (χ3v) is 3.49. The van der Waals surface area contributed by atoms with E-state index < -0.39 is 0 Å². The Morgan fingerprint density at radius 3 is 2.15 bits per heavy atom. The van der Waals surface area contributed by atoms with E-state index in [1.54, 1.807) is 0 Å². The number of benzene rings is 1. The Morgan fingerprint density at radius 1 is 1.10 bits per heavy atom. The van der Waals surface area contributed by atoms with Crippen LogP contribution >= 0.6 is 11.6 Å². The Morgan fingerprint density at radius 2 is 1.65 bits per heavy atom. The Balaban J connectivity index is 1.89. The molecule has 0 spiro atoms. The maximum atomic E-state index is 12.1. The van der Waals surface area contributed by atoms with Gasteiger partial charge >= 0.3 is 6.03 Å². The van der Waals surface area contributed by atoms with Gasteiger partial charge in [-0.3, -0.25) is 0 Å². The van der Waals surface area contributed by atoms with Gasteiger partial charge in [0.2, 0.25) is 0 Å². The van der Waals surface area contributed by atoms with E-state index in [9.17, 15) is 4.79 Å². The summed E-state index contributed by atoms with van der Waals surface area (Å²) in [6.07, 6.45) is 0. The van der Waals surface area contributed by atoms with E-state index >= 15 is 0 Å². The lowest BCUT2D eigenvalue weighted by Crippen LogP contribution is -2.55. The third kappa shape index (κ3) is 4.04. The molecule has 1 aromatic carbocycles. The van der Waals surface area contributed by atoms with Crippen LogP contribution in [0.15, 0.2) is 24.3 Å². The average Bonchev–Trinajstić information content (AvgIpc) is 2.38. The van der Waals surface area contributed by atoms with E-state index in [2.05, 4.69) is 10.2 Å². The molecular formula is C15H22ClN3O. The number of urea groups is 1. The van der Waals surface area contributed by atoms with Crippen LogP contribution < -0.4 is 10.2 Å². The van der Waals surface area contributed by atoms with Crippen molar-refractivity contribution in [3.63, 3.8) is 0 Å². The molecule has 0 unspecified atom stereocenters. The first-order valence-electron chi connectivity index (χ1n) is 6.93. The normalized spacial score (nSPS) is 16.2. The molecule has 1 aromatic rings. The van der Waals surface area contributed by atoms with Crippen LogP contribution in [0.2, 0.25) is 5.02 Å². The molecule has 0 saturated carbocycles. The minimum atomic E-state index is -0.190. The number of hydrogen-bond acceptors (Lipinski definition) is 2. The molecule has 0 bridgehead atoms. The highest BCUT2D eigenvalue weighted by Gasteiger charge is 2.23. The molecule has 110 valence electrons. The van der Waals surface area contributed by atoms with Gasteiger partial charge in [-0.2, -0.15) is 0 Å². The zero-order chi connectivity index (χ0) is 14.8. The van der Waals surface area contributed by atoms with Crippen molar-refractivity contribution in [2.75, 3.05) is 31.1 Å². The molecule has 2 rings (SSSR count). The van der Waals surface area contributed by atoms with Crippen LogP contribution in [0.25, 0.3) is 0 Å². The summed E-state index contributed by atoms with van der Waals surface area (Å²) in [5.41, 5.74) is 0.968. The number of carbonyl (C=O) groups excluding carboxylic acids is 1. The number of rotatable bonds is 1. The lowest BCUT2D eigenvalue weighted by atomic mass is 10.1. The summed E-state index contributed by atoms with van der Waals surface area (Å²) in [7, 11) is 0. The van der Waals surface area contributed by atoms with Gasteiger partial charge in [0.1, 0.15) is 0 Å². The molecule has 1 aliphatic rings. The number of piperazine rings is 1. The second-order valence-corrected chi connectivity index (χ2v) is 6.57. The van der Waals surface area contributed by atoms with Crippen LogP contribution in [-0.2, 0) is 0 Å². The first kappa shape index (κ1) is 15.0. The Kier molecular flexibility index (Phi) is 4.43. The summed E-state index contributed by atoms with van der Waals surface area (Å²) in [6, 6.07) is 7.86. The van der Waals surface area contributed by atoms with Crippen LogP contribution in [0, 0.1) is 0 Å². The van der Waals surface area contributed by atoms with Crippen molar-refractivity contribution in [2.24, 2.45) is 0 Å². The molecule has 0 atom stereocenters. The van der Waals surface area contributed by atoms with Gasteiger partial charge in [-0.15, -0.1) is 0 Å². The van der Waals surface area contributed by atoms with Crippen molar-refractivity contribution in [2.45, 2.75) is 26.3 Å². The molecular weight excluding hydrogens is 274 g/mol. The van der Waals surface area contributed by atoms with Crippen LogP contribution in [0.5, 0.6) is 0 Å². The standard InChI is InChI=1S/C15H22ClN3O/c1-15(2,3)17-14(20)19-10-8-18(9-11-19)13-6-4-12(16)5-7-13/h4-7H,8-11H2,1-3H3,(H,17,20). The topological polar surface area (TPSA) is 35.6 Å². The fourth-order valence-corrected chi connectivity index (χ4v) is 2.35. The maximum absolute atomic E-state index is 12.1. The molecule has 0 aromatic heterocycles. The van der Waals surface area contributed by atoms with Crippen LogP contribution in [0.4, 0.5) is 10.5 Å². The van der Waals surface area contributed by atoms with E-state index in [1.807, 2.05) is 49.9 Å². The van der Waals surface area contributed by atoms with Crippen molar-refractivity contribution in [3.8, 4) is 0 Å². The molecule has 4 nitrogen and oxygen atoms in total. The van der Waals surface area contributed by atoms with Gasteiger partial charge in [-0.1, -0.05) is 11.6 Å². The van der Waals surface area contributed by atoms with Gasteiger partial charge in [0.15, 0.2) is 0 Å². The SMILES string of the molecule is CC(C)(C)NC(=O)N1CCN(c2ccc(Cl)cc2)CC1. The predicted molar refractivity (Wildman–Crippen MR) is 83.5 cm³/mol. The summed E-state index contributed by atoms with van der Waals surface area (Å²) in [5, 5.41) is 3.75. The molecule has 1 heterocycles. The first-order valence-corrected chi connectivity index (χ1v) is 7.30. The Labute approximate surface area is 125 Å². The minimum Gasteiger partial charge on any atom is -0.368 e. The maximum Gasteiger partial charge on any atom is 0.317 e. The number of carbonyl (C=O) groups is 1. The highest BCUT2D eigenvalue weighted by atomic mass is 35.5. The zero-order valence-electron chi connectivity index (χ0n) is 12.3. The lowest BCUT2D eigenvalue weighted by molar-refractivity contribution is 0.185. The molecule has 2 amide bonds. The van der Waals surface area contributed by atoms with Crippen molar-refractivity contribution in [1.82, 2.24) is 10.2 Å². The van der Waals surface area contributed by atoms with Crippen LogP contribution in [-0.4, -0.2) is 42.6 Å². The quantitative estimate of drug-likeness (QED) is 0.864. The van der Waals surface area contributed by atoms with Crippen molar-refractivity contribution in [1.29, 1.82) is 0 Å². The molecule has 0 aliphatic carbocycles. The monoisotopic (exact) mass is 295 g/mol. The number of hydrogen-bond donors (Lipinski definition) is 1. The molecule has 1 saturated heterocycles. The molecule has 1 aliphatic heterocycles. The van der Waals surface area contributed by atoms with Crippen LogP contribution in [0.3, 0.4) is 0 Å². The lowest BCUT2D eigenvalue weighted by Gasteiger charge is -2.37. The average molecular weight is 296 g/mol. The fraction of sp³-hybridized carbons (Fsp3) is 0.533. The Bertz CT molecular complexity index is 459. The van der Waals surface area contributed by atoms with E-state index in [4.69, 9.17) is 11.6 Å². The highest BCUT2D eigenvalue weighted by Crippen LogP contribution is 2.19. The smallest absolute Gasteiger partial charge is 0.317 e. The number of nitrogens with one attached hydrogen (secondary N) is 1. The van der Waals surface area contributed by atoms with Crippen molar-refractivity contribution < 1.29 is 4.79 Å². The van der Waals surface area contributed by atoms with Gasteiger partial charge in [-0.05, 0) is 45.0 Å². The van der Waals surface area contributed by atoms with Gasteiger partial charge in [0, 0.05) is 42.4 Å².